The molecule has 6 heteroatoms. The Hall–Kier alpha value is -2.17. The number of nitroso groups, excluding NO2 is 1. The molecule has 0 spiro atoms. The Morgan fingerprint density at radius 1 is 1.24 bits per heavy atom. The van der Waals surface area contributed by atoms with Gasteiger partial charge in [-0.3, -0.25) is 0 Å². The van der Waals surface area contributed by atoms with Crippen LogP contribution in [0, 0.1) is 4.91 Å². The Morgan fingerprint density at radius 2 is 2.00 bits per heavy atom. The largest absolute Gasteiger partial charge is 0.363 e. The van der Waals surface area contributed by atoms with Gasteiger partial charge in [0.1, 0.15) is 5.82 Å². The van der Waals surface area contributed by atoms with Crippen LogP contribution < -0.4 is 5.32 Å². The van der Waals surface area contributed by atoms with Gasteiger partial charge in [-0.2, -0.15) is 0 Å². The van der Waals surface area contributed by atoms with Gasteiger partial charge in [0.05, 0.1) is 0 Å². The van der Waals surface area contributed by atoms with E-state index in [1.807, 2.05) is 36.4 Å². The standard InChI is InChI=1S/C19H17Cl2N3O/c1-19(24-25,13-4-6-14(20)7-5-13)17-3-2-12-22-18(17)23-16-10-8-15(21)9-11-16/h2-10,12,16H,11H2,1H3,(H,22,23). The van der Waals surface area contributed by atoms with Gasteiger partial charge in [-0.05, 0) is 43.2 Å². The summed E-state index contributed by atoms with van der Waals surface area (Å²) in [4.78, 5) is 16.2. The van der Waals surface area contributed by atoms with E-state index >= 15 is 0 Å². The number of nitrogens with zero attached hydrogens (tertiary/aromatic N) is 2. The molecule has 1 heterocycles. The zero-order valence-electron chi connectivity index (χ0n) is 13.6. The summed E-state index contributed by atoms with van der Waals surface area (Å²) >= 11 is 11.9. The van der Waals surface area contributed by atoms with Gasteiger partial charge in [-0.25, -0.2) is 4.98 Å². The predicted molar refractivity (Wildman–Crippen MR) is 103 cm³/mol. The van der Waals surface area contributed by atoms with E-state index in [-0.39, 0.29) is 6.04 Å². The van der Waals surface area contributed by atoms with Crippen molar-refractivity contribution in [2.75, 3.05) is 5.32 Å². The fraction of sp³-hybridized carbons (Fsp3) is 0.211. The monoisotopic (exact) mass is 373 g/mol. The molecule has 2 aromatic rings. The molecule has 1 aromatic heterocycles. The minimum absolute atomic E-state index is 0.0530. The second-order valence-corrected chi connectivity index (χ2v) is 6.88. The molecule has 0 amide bonds. The average Bonchev–Trinajstić information content (AvgIpc) is 2.64. The molecule has 128 valence electrons. The van der Waals surface area contributed by atoms with Crippen molar-refractivity contribution in [1.82, 2.24) is 4.98 Å². The second-order valence-electron chi connectivity index (χ2n) is 6.00. The molecule has 0 fully saturated rings. The van der Waals surface area contributed by atoms with E-state index in [4.69, 9.17) is 23.2 Å². The van der Waals surface area contributed by atoms with Gasteiger partial charge < -0.3 is 5.32 Å². The van der Waals surface area contributed by atoms with Crippen molar-refractivity contribution in [2.45, 2.75) is 24.9 Å². The SMILES string of the molecule is CC(N=O)(c1ccc(Cl)cc1)c1cccnc1NC1C=CC(Cl)=CC1. The zero-order chi connectivity index (χ0) is 17.9. The first-order valence-corrected chi connectivity index (χ1v) is 8.65. The van der Waals surface area contributed by atoms with E-state index in [1.54, 1.807) is 31.3 Å². The number of halogens is 2. The molecule has 1 N–H and O–H groups in total. The second kappa shape index (κ2) is 7.38. The van der Waals surface area contributed by atoms with Crippen LogP contribution in [0.3, 0.4) is 0 Å². The third kappa shape index (κ3) is 3.75. The van der Waals surface area contributed by atoms with Crippen LogP contribution in [-0.4, -0.2) is 11.0 Å². The molecular weight excluding hydrogens is 357 g/mol. The van der Waals surface area contributed by atoms with Gasteiger partial charge in [0, 0.05) is 27.9 Å². The summed E-state index contributed by atoms with van der Waals surface area (Å²) in [6.45, 7) is 1.78. The first-order chi connectivity index (χ1) is 12.0. The number of rotatable bonds is 5. The number of anilines is 1. The Bertz CT molecular complexity index is 833. The van der Waals surface area contributed by atoms with Gasteiger partial charge in [0.2, 0.25) is 0 Å². The van der Waals surface area contributed by atoms with Crippen LogP contribution in [0.5, 0.6) is 0 Å². The number of pyridine rings is 1. The van der Waals surface area contributed by atoms with E-state index in [9.17, 15) is 4.91 Å². The average molecular weight is 374 g/mol. The third-order valence-electron chi connectivity index (χ3n) is 4.30. The lowest BCUT2D eigenvalue weighted by Crippen LogP contribution is -2.26. The molecule has 1 aliphatic carbocycles. The summed E-state index contributed by atoms with van der Waals surface area (Å²) in [6, 6.07) is 10.8. The van der Waals surface area contributed by atoms with Crippen molar-refractivity contribution in [2.24, 2.45) is 5.18 Å². The fourth-order valence-electron chi connectivity index (χ4n) is 2.82. The predicted octanol–water partition coefficient (Wildman–Crippen LogP) is 5.63. The molecule has 2 unspecified atom stereocenters. The summed E-state index contributed by atoms with van der Waals surface area (Å²) in [5.74, 6) is 0.626. The number of nitrogens with one attached hydrogen (secondary N) is 1. The maximum Gasteiger partial charge on any atom is 0.153 e. The van der Waals surface area contributed by atoms with Crippen molar-refractivity contribution in [3.63, 3.8) is 0 Å². The zero-order valence-corrected chi connectivity index (χ0v) is 15.1. The topological polar surface area (TPSA) is 54.4 Å². The van der Waals surface area contributed by atoms with E-state index < -0.39 is 5.54 Å². The van der Waals surface area contributed by atoms with Crippen LogP contribution in [0.2, 0.25) is 5.02 Å². The van der Waals surface area contributed by atoms with Crippen LogP contribution >= 0.6 is 23.2 Å². The Labute approximate surface area is 156 Å². The minimum Gasteiger partial charge on any atom is -0.363 e. The minimum atomic E-state index is -1.08. The molecule has 0 radical (unpaired) electrons. The van der Waals surface area contributed by atoms with Crippen molar-refractivity contribution in [3.05, 3.63) is 86.9 Å². The molecular formula is C19H17Cl2N3O. The molecule has 0 aliphatic heterocycles. The smallest absolute Gasteiger partial charge is 0.153 e. The van der Waals surface area contributed by atoms with Crippen molar-refractivity contribution < 1.29 is 0 Å². The summed E-state index contributed by atoms with van der Waals surface area (Å²) in [7, 11) is 0. The number of hydrogen-bond acceptors (Lipinski definition) is 4. The fourth-order valence-corrected chi connectivity index (χ4v) is 3.11. The maximum absolute atomic E-state index is 11.8. The van der Waals surface area contributed by atoms with Gasteiger partial charge in [0.25, 0.3) is 0 Å². The van der Waals surface area contributed by atoms with Gasteiger partial charge in [-0.15, -0.1) is 4.91 Å². The molecule has 4 nitrogen and oxygen atoms in total. The highest BCUT2D eigenvalue weighted by atomic mass is 35.5. The third-order valence-corrected chi connectivity index (χ3v) is 4.83. The number of allylic oxidation sites excluding steroid dienone is 2. The lowest BCUT2D eigenvalue weighted by atomic mass is 9.85. The molecule has 0 saturated heterocycles. The normalized spacial score (nSPS) is 19.0. The first kappa shape index (κ1) is 17.6. The Kier molecular flexibility index (Phi) is 5.21. The Balaban J connectivity index is 1.97. The van der Waals surface area contributed by atoms with Crippen LogP contribution in [0.4, 0.5) is 5.82 Å². The van der Waals surface area contributed by atoms with Gasteiger partial charge in [-0.1, -0.05) is 58.7 Å². The molecule has 1 aliphatic rings. The number of hydrogen-bond donors (Lipinski definition) is 1. The van der Waals surface area contributed by atoms with Crippen LogP contribution in [0.25, 0.3) is 0 Å². The van der Waals surface area contributed by atoms with E-state index in [2.05, 4.69) is 15.5 Å². The van der Waals surface area contributed by atoms with Crippen molar-refractivity contribution >= 4 is 29.0 Å². The van der Waals surface area contributed by atoms with Crippen LogP contribution in [-0.2, 0) is 5.54 Å². The summed E-state index contributed by atoms with van der Waals surface area (Å²) in [5, 5.41) is 8.13. The highest BCUT2D eigenvalue weighted by Crippen LogP contribution is 2.37. The highest BCUT2D eigenvalue weighted by molar-refractivity contribution is 6.31. The molecule has 0 saturated carbocycles. The molecule has 1 aromatic carbocycles. The highest BCUT2D eigenvalue weighted by Gasteiger charge is 2.33. The van der Waals surface area contributed by atoms with Gasteiger partial charge in [0.15, 0.2) is 5.54 Å². The summed E-state index contributed by atoms with van der Waals surface area (Å²) in [5.41, 5.74) is 0.388. The van der Waals surface area contributed by atoms with Crippen LogP contribution in [0.1, 0.15) is 24.5 Å². The summed E-state index contributed by atoms with van der Waals surface area (Å²) < 4.78 is 0. The number of benzene rings is 1. The Morgan fingerprint density at radius 3 is 2.64 bits per heavy atom. The maximum atomic E-state index is 11.8. The molecule has 0 bridgehead atoms. The van der Waals surface area contributed by atoms with E-state index in [0.717, 1.165) is 17.0 Å². The molecule has 2 atom stereocenters. The van der Waals surface area contributed by atoms with E-state index in [0.29, 0.717) is 16.4 Å². The van der Waals surface area contributed by atoms with Crippen LogP contribution in [0.15, 0.2) is 71.0 Å². The van der Waals surface area contributed by atoms with Crippen molar-refractivity contribution in [1.29, 1.82) is 0 Å². The lowest BCUT2D eigenvalue weighted by Gasteiger charge is -2.26. The molecule has 3 rings (SSSR count). The van der Waals surface area contributed by atoms with Gasteiger partial charge >= 0.3 is 0 Å². The van der Waals surface area contributed by atoms with E-state index in [1.165, 1.54) is 0 Å². The number of aromatic nitrogens is 1. The summed E-state index contributed by atoms with van der Waals surface area (Å²) in [6.07, 6.45) is 8.21. The lowest BCUT2D eigenvalue weighted by molar-refractivity contribution is 0.598. The first-order valence-electron chi connectivity index (χ1n) is 7.89. The molecule has 25 heavy (non-hydrogen) atoms. The van der Waals surface area contributed by atoms with Crippen molar-refractivity contribution in [3.8, 4) is 0 Å². The quantitative estimate of drug-likeness (QED) is 0.691.